The second-order valence-corrected chi connectivity index (χ2v) is 6.52. The molecule has 122 valence electrons. The molecule has 2 aromatic heterocycles. The van der Waals surface area contributed by atoms with Crippen molar-refractivity contribution in [1.29, 1.82) is 0 Å². The molecule has 0 atom stereocenters. The molecule has 0 amide bonds. The van der Waals surface area contributed by atoms with Gasteiger partial charge in [-0.1, -0.05) is 0 Å². The SMILES string of the molecule is CN(C)c1nccc(N2CCN(Cc3cnc(Br)cn3)CC2)n1. The maximum absolute atomic E-state index is 4.61. The Morgan fingerprint density at radius 2 is 1.87 bits per heavy atom. The van der Waals surface area contributed by atoms with E-state index in [9.17, 15) is 0 Å². The lowest BCUT2D eigenvalue weighted by Gasteiger charge is -2.35. The van der Waals surface area contributed by atoms with Gasteiger partial charge in [0.2, 0.25) is 5.95 Å². The molecule has 23 heavy (non-hydrogen) atoms. The van der Waals surface area contributed by atoms with Crippen LogP contribution >= 0.6 is 15.9 Å². The number of nitrogens with zero attached hydrogens (tertiary/aromatic N) is 7. The van der Waals surface area contributed by atoms with Gasteiger partial charge in [0.05, 0.1) is 18.1 Å². The van der Waals surface area contributed by atoms with Gasteiger partial charge in [-0.05, 0) is 22.0 Å². The van der Waals surface area contributed by atoms with Gasteiger partial charge in [0.25, 0.3) is 0 Å². The largest absolute Gasteiger partial charge is 0.354 e. The molecule has 8 heteroatoms. The smallest absolute Gasteiger partial charge is 0.226 e. The van der Waals surface area contributed by atoms with Crippen LogP contribution in [0.25, 0.3) is 0 Å². The number of rotatable bonds is 4. The average Bonchev–Trinajstić information content (AvgIpc) is 2.58. The molecule has 3 heterocycles. The molecular weight excluding hydrogens is 358 g/mol. The van der Waals surface area contributed by atoms with E-state index < -0.39 is 0 Å². The summed E-state index contributed by atoms with van der Waals surface area (Å²) < 4.78 is 0.770. The van der Waals surface area contributed by atoms with Gasteiger partial charge in [0.15, 0.2) is 0 Å². The van der Waals surface area contributed by atoms with Gasteiger partial charge in [0.1, 0.15) is 10.4 Å². The fourth-order valence-corrected chi connectivity index (χ4v) is 2.72. The first kappa shape index (κ1) is 16.1. The molecule has 7 nitrogen and oxygen atoms in total. The zero-order valence-corrected chi connectivity index (χ0v) is 14.9. The summed E-state index contributed by atoms with van der Waals surface area (Å²) in [6.07, 6.45) is 5.39. The molecule has 1 aliphatic rings. The molecular formula is C15H20BrN7. The second kappa shape index (κ2) is 7.18. The predicted octanol–water partition coefficient (Wildman–Crippen LogP) is 1.42. The van der Waals surface area contributed by atoms with Crippen LogP contribution in [-0.4, -0.2) is 65.1 Å². The Kier molecular flexibility index (Phi) is 5.02. The Morgan fingerprint density at radius 1 is 1.09 bits per heavy atom. The molecule has 0 aliphatic carbocycles. The van der Waals surface area contributed by atoms with Gasteiger partial charge in [0, 0.05) is 53.0 Å². The molecule has 0 bridgehead atoms. The van der Waals surface area contributed by atoms with Crippen molar-refractivity contribution in [2.24, 2.45) is 0 Å². The number of hydrogen-bond acceptors (Lipinski definition) is 7. The second-order valence-electron chi connectivity index (χ2n) is 5.70. The highest BCUT2D eigenvalue weighted by molar-refractivity contribution is 9.10. The van der Waals surface area contributed by atoms with Crippen molar-refractivity contribution in [2.75, 3.05) is 50.1 Å². The van der Waals surface area contributed by atoms with Crippen LogP contribution in [0.15, 0.2) is 29.3 Å². The van der Waals surface area contributed by atoms with Crippen molar-refractivity contribution in [3.63, 3.8) is 0 Å². The van der Waals surface area contributed by atoms with E-state index in [0.29, 0.717) is 0 Å². The lowest BCUT2D eigenvalue weighted by Crippen LogP contribution is -2.46. The van der Waals surface area contributed by atoms with Crippen molar-refractivity contribution in [3.8, 4) is 0 Å². The van der Waals surface area contributed by atoms with Gasteiger partial charge in [-0.25, -0.2) is 9.97 Å². The highest BCUT2D eigenvalue weighted by Gasteiger charge is 2.19. The quantitative estimate of drug-likeness (QED) is 0.798. The van der Waals surface area contributed by atoms with E-state index in [1.165, 1.54) is 0 Å². The van der Waals surface area contributed by atoms with Crippen molar-refractivity contribution in [2.45, 2.75) is 6.54 Å². The van der Waals surface area contributed by atoms with E-state index >= 15 is 0 Å². The number of aromatic nitrogens is 4. The first-order valence-corrected chi connectivity index (χ1v) is 8.35. The molecule has 1 fully saturated rings. The van der Waals surface area contributed by atoms with E-state index in [1.807, 2.05) is 37.5 Å². The van der Waals surface area contributed by atoms with Crippen LogP contribution in [0.4, 0.5) is 11.8 Å². The fourth-order valence-electron chi connectivity index (χ4n) is 2.52. The van der Waals surface area contributed by atoms with Crippen LogP contribution in [0.2, 0.25) is 0 Å². The van der Waals surface area contributed by atoms with Crippen molar-refractivity contribution in [3.05, 3.63) is 35.0 Å². The van der Waals surface area contributed by atoms with E-state index in [4.69, 9.17) is 0 Å². The lowest BCUT2D eigenvalue weighted by molar-refractivity contribution is 0.246. The number of piperazine rings is 1. The third-order valence-electron chi connectivity index (χ3n) is 3.78. The minimum absolute atomic E-state index is 0.745. The number of halogens is 1. The molecule has 0 aromatic carbocycles. The molecule has 0 N–H and O–H groups in total. The highest BCUT2D eigenvalue weighted by atomic mass is 79.9. The molecule has 1 saturated heterocycles. The fraction of sp³-hybridized carbons (Fsp3) is 0.467. The number of hydrogen-bond donors (Lipinski definition) is 0. The zero-order chi connectivity index (χ0) is 16.2. The Hall–Kier alpha value is -1.80. The topological polar surface area (TPSA) is 61.3 Å². The lowest BCUT2D eigenvalue weighted by atomic mass is 10.3. The average molecular weight is 378 g/mol. The minimum Gasteiger partial charge on any atom is -0.354 e. The summed E-state index contributed by atoms with van der Waals surface area (Å²) in [6, 6.07) is 1.98. The summed E-state index contributed by atoms with van der Waals surface area (Å²) in [6.45, 7) is 4.71. The summed E-state index contributed by atoms with van der Waals surface area (Å²) in [7, 11) is 3.91. The summed E-state index contributed by atoms with van der Waals surface area (Å²) >= 11 is 3.31. The van der Waals surface area contributed by atoms with Crippen molar-refractivity contribution >= 4 is 27.7 Å². The Labute approximate surface area is 144 Å². The third kappa shape index (κ3) is 4.14. The van der Waals surface area contributed by atoms with Gasteiger partial charge >= 0.3 is 0 Å². The number of anilines is 2. The van der Waals surface area contributed by atoms with E-state index in [2.05, 4.69) is 45.7 Å². The molecule has 0 unspecified atom stereocenters. The zero-order valence-electron chi connectivity index (χ0n) is 13.4. The van der Waals surface area contributed by atoms with Gasteiger partial charge in [-0.15, -0.1) is 0 Å². The van der Waals surface area contributed by atoms with Gasteiger partial charge in [-0.2, -0.15) is 4.98 Å². The van der Waals surface area contributed by atoms with Crippen molar-refractivity contribution < 1.29 is 0 Å². The van der Waals surface area contributed by atoms with E-state index in [0.717, 1.165) is 54.8 Å². The summed E-state index contributed by atoms with van der Waals surface area (Å²) in [4.78, 5) is 24.1. The first-order chi connectivity index (χ1) is 11.1. The van der Waals surface area contributed by atoms with Crippen LogP contribution in [0.3, 0.4) is 0 Å². The molecule has 1 aliphatic heterocycles. The van der Waals surface area contributed by atoms with E-state index in [-0.39, 0.29) is 0 Å². The maximum Gasteiger partial charge on any atom is 0.226 e. The molecule has 3 rings (SSSR count). The maximum atomic E-state index is 4.61. The first-order valence-electron chi connectivity index (χ1n) is 7.56. The Balaban J connectivity index is 1.58. The Bertz CT molecular complexity index is 639. The monoisotopic (exact) mass is 377 g/mol. The van der Waals surface area contributed by atoms with Gasteiger partial charge in [-0.3, -0.25) is 9.88 Å². The summed E-state index contributed by atoms with van der Waals surface area (Å²) in [5, 5.41) is 0. The molecule has 2 aromatic rings. The molecule has 0 radical (unpaired) electrons. The van der Waals surface area contributed by atoms with Gasteiger partial charge < -0.3 is 9.80 Å². The van der Waals surface area contributed by atoms with Crippen molar-refractivity contribution in [1.82, 2.24) is 24.8 Å². The standard InChI is InChI=1S/C15H20BrN7/c1-21(2)15-17-4-3-14(20-15)23-7-5-22(6-8-23)11-12-9-19-13(16)10-18-12/h3-4,9-10H,5-8,11H2,1-2H3. The highest BCUT2D eigenvalue weighted by Crippen LogP contribution is 2.16. The van der Waals surface area contributed by atoms with Crippen LogP contribution in [-0.2, 0) is 6.54 Å². The normalized spacial score (nSPS) is 15.7. The molecule has 0 spiro atoms. The predicted molar refractivity (Wildman–Crippen MR) is 93.6 cm³/mol. The van der Waals surface area contributed by atoms with Crippen LogP contribution in [0.1, 0.15) is 5.69 Å². The summed E-state index contributed by atoms with van der Waals surface area (Å²) in [5.41, 5.74) is 0.999. The Morgan fingerprint density at radius 3 is 2.52 bits per heavy atom. The van der Waals surface area contributed by atoms with Crippen LogP contribution < -0.4 is 9.80 Å². The molecule has 0 saturated carbocycles. The third-order valence-corrected chi connectivity index (χ3v) is 4.19. The minimum atomic E-state index is 0.745. The van der Waals surface area contributed by atoms with E-state index in [1.54, 1.807) is 6.20 Å². The van der Waals surface area contributed by atoms with Crippen LogP contribution in [0, 0.1) is 0 Å². The summed E-state index contributed by atoms with van der Waals surface area (Å²) in [5.74, 6) is 1.74. The van der Waals surface area contributed by atoms with Crippen LogP contribution in [0.5, 0.6) is 0 Å².